The lowest BCUT2D eigenvalue weighted by Gasteiger charge is -2.17. The number of rotatable bonds is 3. The first kappa shape index (κ1) is 11.9. The van der Waals surface area contributed by atoms with Crippen LogP contribution in [0.3, 0.4) is 0 Å². The highest BCUT2D eigenvalue weighted by atomic mass is 16.3. The molecule has 5 nitrogen and oxygen atoms in total. The standard InChI is InChI=1S/C14H14N4O/c15-8-13-11-9-16-6-5-12(11)17-14(18-13)4-3-10-2-1-7-19-10/h1-2,7,16H,3-6,9H2. The summed E-state index contributed by atoms with van der Waals surface area (Å²) in [6.07, 6.45) is 3.98. The van der Waals surface area contributed by atoms with Gasteiger partial charge in [0, 0.05) is 37.9 Å². The Labute approximate surface area is 111 Å². The molecule has 0 atom stereocenters. The molecule has 1 aliphatic rings. The van der Waals surface area contributed by atoms with E-state index in [9.17, 15) is 5.26 Å². The van der Waals surface area contributed by atoms with Crippen molar-refractivity contribution >= 4 is 0 Å². The van der Waals surface area contributed by atoms with Gasteiger partial charge in [-0.3, -0.25) is 0 Å². The average molecular weight is 254 g/mol. The first-order valence-electron chi connectivity index (χ1n) is 6.38. The van der Waals surface area contributed by atoms with Crippen LogP contribution in [0.2, 0.25) is 0 Å². The fraction of sp³-hybridized carbons (Fsp3) is 0.357. The Balaban J connectivity index is 1.84. The summed E-state index contributed by atoms with van der Waals surface area (Å²) < 4.78 is 5.29. The molecule has 1 aliphatic heterocycles. The molecule has 2 aromatic rings. The maximum Gasteiger partial charge on any atom is 0.148 e. The highest BCUT2D eigenvalue weighted by Gasteiger charge is 2.17. The van der Waals surface area contributed by atoms with Crippen LogP contribution in [0.4, 0.5) is 0 Å². The van der Waals surface area contributed by atoms with Gasteiger partial charge in [0.2, 0.25) is 0 Å². The van der Waals surface area contributed by atoms with Crippen molar-refractivity contribution in [3.05, 3.63) is 46.9 Å². The van der Waals surface area contributed by atoms with E-state index in [1.165, 1.54) is 0 Å². The largest absolute Gasteiger partial charge is 0.469 e. The van der Waals surface area contributed by atoms with E-state index < -0.39 is 0 Å². The van der Waals surface area contributed by atoms with Gasteiger partial charge in [0.15, 0.2) is 0 Å². The van der Waals surface area contributed by atoms with Crippen LogP contribution >= 0.6 is 0 Å². The Bertz CT molecular complexity index is 613. The summed E-state index contributed by atoms with van der Waals surface area (Å²) in [5.74, 6) is 1.65. The zero-order valence-electron chi connectivity index (χ0n) is 10.5. The third-order valence-corrected chi connectivity index (χ3v) is 3.26. The van der Waals surface area contributed by atoms with E-state index in [0.29, 0.717) is 18.7 Å². The second kappa shape index (κ2) is 5.21. The molecule has 0 spiro atoms. The number of nitrogens with zero attached hydrogens (tertiary/aromatic N) is 3. The van der Waals surface area contributed by atoms with Gasteiger partial charge in [-0.1, -0.05) is 0 Å². The summed E-state index contributed by atoms with van der Waals surface area (Å²) in [6.45, 7) is 1.60. The Morgan fingerprint density at radius 3 is 3.11 bits per heavy atom. The van der Waals surface area contributed by atoms with E-state index >= 15 is 0 Å². The summed E-state index contributed by atoms with van der Waals surface area (Å²) in [5.41, 5.74) is 2.47. The number of hydrogen-bond acceptors (Lipinski definition) is 5. The number of aryl methyl sites for hydroxylation is 2. The quantitative estimate of drug-likeness (QED) is 0.895. The minimum absolute atomic E-state index is 0.506. The summed E-state index contributed by atoms with van der Waals surface area (Å²) in [7, 11) is 0. The van der Waals surface area contributed by atoms with Crippen molar-refractivity contribution in [2.45, 2.75) is 25.8 Å². The highest BCUT2D eigenvalue weighted by Crippen LogP contribution is 2.16. The van der Waals surface area contributed by atoms with Crippen molar-refractivity contribution in [2.24, 2.45) is 0 Å². The Morgan fingerprint density at radius 1 is 1.37 bits per heavy atom. The number of hydrogen-bond donors (Lipinski definition) is 1. The van der Waals surface area contributed by atoms with Crippen LogP contribution in [0, 0.1) is 11.3 Å². The SMILES string of the molecule is N#Cc1nc(CCc2ccco2)nc2c1CNCC2. The van der Waals surface area contributed by atoms with Crippen molar-refractivity contribution in [1.29, 1.82) is 5.26 Å². The molecule has 2 aromatic heterocycles. The number of aromatic nitrogens is 2. The molecule has 0 amide bonds. The van der Waals surface area contributed by atoms with E-state index in [4.69, 9.17) is 4.42 Å². The molecular weight excluding hydrogens is 240 g/mol. The van der Waals surface area contributed by atoms with Gasteiger partial charge in [-0.2, -0.15) is 5.26 Å². The van der Waals surface area contributed by atoms with Crippen LogP contribution in [-0.2, 0) is 25.8 Å². The van der Waals surface area contributed by atoms with E-state index in [1.54, 1.807) is 6.26 Å². The molecule has 3 rings (SSSR count). The first-order valence-corrected chi connectivity index (χ1v) is 6.38. The maximum absolute atomic E-state index is 9.18. The van der Waals surface area contributed by atoms with Crippen molar-refractivity contribution in [1.82, 2.24) is 15.3 Å². The van der Waals surface area contributed by atoms with E-state index in [2.05, 4.69) is 21.4 Å². The molecule has 0 saturated carbocycles. The van der Waals surface area contributed by atoms with Gasteiger partial charge in [0.25, 0.3) is 0 Å². The molecule has 0 aromatic carbocycles. The molecular formula is C14H14N4O. The number of nitriles is 1. The third kappa shape index (κ3) is 2.49. The second-order valence-electron chi connectivity index (χ2n) is 4.53. The van der Waals surface area contributed by atoms with Gasteiger partial charge in [0.1, 0.15) is 23.3 Å². The summed E-state index contributed by atoms with van der Waals surface area (Å²) in [6, 6.07) is 5.98. The molecule has 19 heavy (non-hydrogen) atoms. The Kier molecular flexibility index (Phi) is 3.25. The van der Waals surface area contributed by atoms with Gasteiger partial charge in [0.05, 0.1) is 12.0 Å². The second-order valence-corrected chi connectivity index (χ2v) is 4.53. The average Bonchev–Trinajstić information content (AvgIpc) is 2.97. The highest BCUT2D eigenvalue weighted by molar-refractivity contribution is 5.36. The number of fused-ring (bicyclic) bond motifs is 1. The van der Waals surface area contributed by atoms with Gasteiger partial charge in [-0.15, -0.1) is 0 Å². The van der Waals surface area contributed by atoms with Crippen LogP contribution in [0.1, 0.15) is 28.5 Å². The fourth-order valence-electron chi connectivity index (χ4n) is 2.29. The molecule has 96 valence electrons. The van der Waals surface area contributed by atoms with Gasteiger partial charge in [-0.05, 0) is 12.1 Å². The van der Waals surface area contributed by atoms with Crippen LogP contribution in [0.15, 0.2) is 22.8 Å². The van der Waals surface area contributed by atoms with Crippen LogP contribution in [0.5, 0.6) is 0 Å². The van der Waals surface area contributed by atoms with Crippen LogP contribution in [-0.4, -0.2) is 16.5 Å². The lowest BCUT2D eigenvalue weighted by atomic mass is 10.1. The number of furan rings is 1. The van der Waals surface area contributed by atoms with E-state index in [1.807, 2.05) is 12.1 Å². The Hall–Kier alpha value is -2.19. The molecule has 0 unspecified atom stereocenters. The lowest BCUT2D eigenvalue weighted by Crippen LogP contribution is -2.26. The van der Waals surface area contributed by atoms with Crippen LogP contribution < -0.4 is 5.32 Å². The van der Waals surface area contributed by atoms with Crippen LogP contribution in [0.25, 0.3) is 0 Å². The number of nitrogens with one attached hydrogen (secondary N) is 1. The molecule has 3 heterocycles. The van der Waals surface area contributed by atoms with Gasteiger partial charge in [-0.25, -0.2) is 9.97 Å². The van der Waals surface area contributed by atoms with E-state index in [0.717, 1.165) is 42.2 Å². The maximum atomic E-state index is 9.18. The molecule has 1 N–H and O–H groups in total. The smallest absolute Gasteiger partial charge is 0.148 e. The summed E-state index contributed by atoms with van der Waals surface area (Å²) in [4.78, 5) is 8.93. The predicted octanol–water partition coefficient (Wildman–Crippen LogP) is 1.37. The van der Waals surface area contributed by atoms with Crippen molar-refractivity contribution in [3.8, 4) is 6.07 Å². The molecule has 0 saturated heterocycles. The molecule has 0 aliphatic carbocycles. The monoisotopic (exact) mass is 254 g/mol. The van der Waals surface area contributed by atoms with Crippen molar-refractivity contribution in [2.75, 3.05) is 6.54 Å². The van der Waals surface area contributed by atoms with Crippen molar-refractivity contribution in [3.63, 3.8) is 0 Å². The normalized spacial score (nSPS) is 13.8. The summed E-state index contributed by atoms with van der Waals surface area (Å²) in [5, 5.41) is 12.4. The lowest BCUT2D eigenvalue weighted by molar-refractivity contribution is 0.505. The summed E-state index contributed by atoms with van der Waals surface area (Å²) >= 11 is 0. The zero-order valence-corrected chi connectivity index (χ0v) is 10.5. The molecule has 0 radical (unpaired) electrons. The first-order chi connectivity index (χ1) is 9.36. The molecule has 5 heteroatoms. The topological polar surface area (TPSA) is 74.7 Å². The van der Waals surface area contributed by atoms with Gasteiger partial charge < -0.3 is 9.73 Å². The van der Waals surface area contributed by atoms with Crippen molar-refractivity contribution < 1.29 is 4.42 Å². The molecule has 0 fully saturated rings. The minimum atomic E-state index is 0.506. The fourth-order valence-corrected chi connectivity index (χ4v) is 2.29. The molecule has 0 bridgehead atoms. The van der Waals surface area contributed by atoms with E-state index in [-0.39, 0.29) is 0 Å². The van der Waals surface area contributed by atoms with Gasteiger partial charge >= 0.3 is 0 Å². The predicted molar refractivity (Wildman–Crippen MR) is 68.3 cm³/mol. The Morgan fingerprint density at radius 2 is 2.32 bits per heavy atom. The minimum Gasteiger partial charge on any atom is -0.469 e. The third-order valence-electron chi connectivity index (χ3n) is 3.26. The zero-order chi connectivity index (χ0) is 13.1.